The van der Waals surface area contributed by atoms with Gasteiger partial charge in [-0.15, -0.1) is 5.10 Å². The zero-order chi connectivity index (χ0) is 16.8. The minimum absolute atomic E-state index is 0.209. The van der Waals surface area contributed by atoms with Gasteiger partial charge in [-0.1, -0.05) is 11.6 Å². The van der Waals surface area contributed by atoms with Crippen molar-refractivity contribution in [1.29, 1.82) is 0 Å². The SMILES string of the molecule is Cn1ncnc1CCNC(=O)c1cn(CC[C@H]2CCCCN2)nn1. The zero-order valence-electron chi connectivity index (χ0n) is 14.0. The highest BCUT2D eigenvalue weighted by Crippen LogP contribution is 2.10. The van der Waals surface area contributed by atoms with Gasteiger partial charge in [-0.25, -0.2) is 4.98 Å². The predicted molar refractivity (Wildman–Crippen MR) is 87.3 cm³/mol. The average Bonchev–Trinajstić information content (AvgIpc) is 3.23. The molecule has 2 aromatic rings. The van der Waals surface area contributed by atoms with E-state index in [1.807, 2.05) is 7.05 Å². The van der Waals surface area contributed by atoms with Crippen LogP contribution in [0.4, 0.5) is 0 Å². The lowest BCUT2D eigenvalue weighted by Gasteiger charge is -2.23. The van der Waals surface area contributed by atoms with Crippen LogP contribution in [0.5, 0.6) is 0 Å². The number of nitrogens with zero attached hydrogens (tertiary/aromatic N) is 6. The van der Waals surface area contributed by atoms with E-state index in [0.29, 0.717) is 24.7 Å². The molecule has 130 valence electrons. The van der Waals surface area contributed by atoms with E-state index in [9.17, 15) is 4.79 Å². The van der Waals surface area contributed by atoms with Crippen molar-refractivity contribution in [1.82, 2.24) is 40.4 Å². The molecule has 1 aliphatic rings. The first-order chi connectivity index (χ1) is 11.7. The molecule has 9 heteroatoms. The van der Waals surface area contributed by atoms with Gasteiger partial charge < -0.3 is 10.6 Å². The van der Waals surface area contributed by atoms with Gasteiger partial charge in [0.25, 0.3) is 5.91 Å². The van der Waals surface area contributed by atoms with Gasteiger partial charge in [0.2, 0.25) is 0 Å². The Bertz CT molecular complexity index is 658. The summed E-state index contributed by atoms with van der Waals surface area (Å²) in [6.45, 7) is 2.36. The molecule has 2 N–H and O–H groups in total. The summed E-state index contributed by atoms with van der Waals surface area (Å²) in [5.74, 6) is 0.623. The van der Waals surface area contributed by atoms with Crippen LogP contribution in [-0.4, -0.2) is 54.8 Å². The van der Waals surface area contributed by atoms with Crippen LogP contribution in [-0.2, 0) is 20.0 Å². The molecule has 0 radical (unpaired) electrons. The third-order valence-corrected chi connectivity index (χ3v) is 4.33. The lowest BCUT2D eigenvalue weighted by atomic mass is 10.0. The summed E-state index contributed by atoms with van der Waals surface area (Å²) >= 11 is 0. The van der Waals surface area contributed by atoms with E-state index < -0.39 is 0 Å². The first-order valence-electron chi connectivity index (χ1n) is 8.47. The van der Waals surface area contributed by atoms with Gasteiger partial charge in [-0.3, -0.25) is 14.2 Å². The topological polar surface area (TPSA) is 103 Å². The number of amides is 1. The summed E-state index contributed by atoms with van der Waals surface area (Å²) in [6.07, 6.45) is 8.61. The Labute approximate surface area is 140 Å². The van der Waals surface area contributed by atoms with Crippen molar-refractivity contribution in [3.8, 4) is 0 Å². The van der Waals surface area contributed by atoms with Gasteiger partial charge in [-0.2, -0.15) is 5.10 Å². The molecule has 1 saturated heterocycles. The minimum Gasteiger partial charge on any atom is -0.350 e. The molecule has 1 amide bonds. The monoisotopic (exact) mass is 332 g/mol. The Kier molecular flexibility index (Phi) is 5.52. The lowest BCUT2D eigenvalue weighted by Crippen LogP contribution is -2.34. The van der Waals surface area contributed by atoms with E-state index in [2.05, 4.69) is 31.0 Å². The number of nitrogens with one attached hydrogen (secondary N) is 2. The highest BCUT2D eigenvalue weighted by Gasteiger charge is 2.14. The fourth-order valence-electron chi connectivity index (χ4n) is 2.90. The van der Waals surface area contributed by atoms with Crippen molar-refractivity contribution < 1.29 is 4.79 Å². The van der Waals surface area contributed by atoms with E-state index in [1.165, 1.54) is 25.6 Å². The van der Waals surface area contributed by atoms with Crippen LogP contribution in [0.3, 0.4) is 0 Å². The smallest absolute Gasteiger partial charge is 0.273 e. The molecule has 1 aliphatic heterocycles. The maximum atomic E-state index is 12.1. The normalized spacial score (nSPS) is 17.8. The predicted octanol–water partition coefficient (Wildman–Crippen LogP) is -0.0887. The molecule has 3 heterocycles. The van der Waals surface area contributed by atoms with Crippen LogP contribution in [0.15, 0.2) is 12.5 Å². The van der Waals surface area contributed by atoms with Crippen molar-refractivity contribution >= 4 is 5.91 Å². The Morgan fingerprint density at radius 3 is 3.12 bits per heavy atom. The fraction of sp³-hybridized carbons (Fsp3) is 0.667. The van der Waals surface area contributed by atoms with Crippen molar-refractivity contribution in [3.05, 3.63) is 24.0 Å². The summed E-state index contributed by atoms with van der Waals surface area (Å²) in [6, 6.07) is 0.548. The van der Waals surface area contributed by atoms with Crippen LogP contribution in [0.2, 0.25) is 0 Å². The molecule has 2 aromatic heterocycles. The van der Waals surface area contributed by atoms with Gasteiger partial charge >= 0.3 is 0 Å². The molecule has 1 atom stereocenters. The highest BCUT2D eigenvalue weighted by molar-refractivity contribution is 5.91. The lowest BCUT2D eigenvalue weighted by molar-refractivity contribution is 0.0949. The summed E-state index contributed by atoms with van der Waals surface area (Å²) in [5, 5.41) is 18.3. The third kappa shape index (κ3) is 4.38. The second-order valence-corrected chi connectivity index (χ2v) is 6.11. The standard InChI is InChI=1S/C15H24N8O/c1-22-14(18-11-19-22)5-8-17-15(24)13-10-23(21-20-13)9-6-12-4-2-3-7-16-12/h10-12,16H,2-9H2,1H3,(H,17,24)/t12-/m1/s1. The van der Waals surface area contributed by atoms with Crippen molar-refractivity contribution in [3.63, 3.8) is 0 Å². The number of aromatic nitrogens is 6. The summed E-state index contributed by atoms with van der Waals surface area (Å²) in [7, 11) is 1.83. The molecule has 1 fully saturated rings. The van der Waals surface area contributed by atoms with E-state index >= 15 is 0 Å². The van der Waals surface area contributed by atoms with Gasteiger partial charge in [0.1, 0.15) is 12.2 Å². The molecular formula is C15H24N8O. The second kappa shape index (κ2) is 8.00. The summed E-state index contributed by atoms with van der Waals surface area (Å²) in [4.78, 5) is 16.2. The summed E-state index contributed by atoms with van der Waals surface area (Å²) < 4.78 is 3.44. The quantitative estimate of drug-likeness (QED) is 0.735. The number of carbonyl (C=O) groups excluding carboxylic acids is 1. The first-order valence-corrected chi connectivity index (χ1v) is 8.47. The van der Waals surface area contributed by atoms with Crippen LogP contribution in [0.25, 0.3) is 0 Å². The molecule has 0 saturated carbocycles. The molecule has 0 unspecified atom stereocenters. The fourth-order valence-corrected chi connectivity index (χ4v) is 2.90. The molecule has 0 aromatic carbocycles. The number of carbonyl (C=O) groups is 1. The Morgan fingerprint density at radius 2 is 2.38 bits per heavy atom. The van der Waals surface area contributed by atoms with Crippen molar-refractivity contribution in [2.24, 2.45) is 7.05 Å². The van der Waals surface area contributed by atoms with Crippen LogP contribution < -0.4 is 10.6 Å². The van der Waals surface area contributed by atoms with Crippen LogP contribution in [0.1, 0.15) is 42.0 Å². The number of hydrogen-bond acceptors (Lipinski definition) is 6. The van der Waals surface area contributed by atoms with E-state index in [4.69, 9.17) is 0 Å². The highest BCUT2D eigenvalue weighted by atomic mass is 16.2. The van der Waals surface area contributed by atoms with Crippen LogP contribution >= 0.6 is 0 Å². The third-order valence-electron chi connectivity index (χ3n) is 4.33. The van der Waals surface area contributed by atoms with E-state index in [-0.39, 0.29) is 5.91 Å². The molecule has 3 rings (SSSR count). The number of hydrogen-bond donors (Lipinski definition) is 2. The Balaban J connectivity index is 1.42. The summed E-state index contributed by atoms with van der Waals surface area (Å²) in [5.41, 5.74) is 0.351. The Morgan fingerprint density at radius 1 is 1.46 bits per heavy atom. The molecule has 9 nitrogen and oxygen atoms in total. The van der Waals surface area contributed by atoms with Gasteiger partial charge in [0.05, 0.1) is 6.20 Å². The number of piperidine rings is 1. The largest absolute Gasteiger partial charge is 0.350 e. The molecule has 0 bridgehead atoms. The maximum absolute atomic E-state index is 12.1. The molecule has 24 heavy (non-hydrogen) atoms. The van der Waals surface area contributed by atoms with Gasteiger partial charge in [-0.05, 0) is 25.8 Å². The van der Waals surface area contributed by atoms with E-state index in [1.54, 1.807) is 15.6 Å². The van der Waals surface area contributed by atoms with Crippen LogP contribution in [0, 0.1) is 0 Å². The van der Waals surface area contributed by atoms with Gasteiger partial charge in [0.15, 0.2) is 5.69 Å². The van der Waals surface area contributed by atoms with E-state index in [0.717, 1.165) is 25.3 Å². The molecule has 0 aliphatic carbocycles. The van der Waals surface area contributed by atoms with Crippen molar-refractivity contribution in [2.75, 3.05) is 13.1 Å². The average molecular weight is 332 g/mol. The second-order valence-electron chi connectivity index (χ2n) is 6.11. The minimum atomic E-state index is -0.209. The first kappa shape index (κ1) is 16.6. The Hall–Kier alpha value is -2.29. The van der Waals surface area contributed by atoms with Crippen molar-refractivity contribution in [2.45, 2.75) is 44.7 Å². The number of aryl methyl sites for hydroxylation is 2. The molecular weight excluding hydrogens is 308 g/mol. The molecule has 0 spiro atoms. The zero-order valence-corrected chi connectivity index (χ0v) is 14.0. The number of rotatable bonds is 7. The maximum Gasteiger partial charge on any atom is 0.273 e. The van der Waals surface area contributed by atoms with Gasteiger partial charge in [0, 0.05) is 32.6 Å².